The fraction of sp³-hybridized carbons (Fsp3) is 0.647. The third kappa shape index (κ3) is 6.15. The van der Waals surface area contributed by atoms with Crippen LogP contribution < -0.4 is 5.32 Å². The zero-order valence-corrected chi connectivity index (χ0v) is 15.0. The average molecular weight is 332 g/mol. The molecule has 1 aromatic rings. The minimum atomic E-state index is 0.191. The third-order valence-corrected chi connectivity index (χ3v) is 4.25. The smallest absolute Gasteiger partial charge is 0.0753 e. The van der Waals surface area contributed by atoms with Crippen molar-refractivity contribution in [3.05, 3.63) is 33.8 Å². The van der Waals surface area contributed by atoms with Gasteiger partial charge in [-0.25, -0.2) is 0 Å². The summed E-state index contributed by atoms with van der Waals surface area (Å²) in [4.78, 5) is 0. The van der Waals surface area contributed by atoms with E-state index in [4.69, 9.17) is 27.9 Å². The van der Waals surface area contributed by atoms with Gasteiger partial charge in [-0.15, -0.1) is 0 Å². The minimum Gasteiger partial charge on any atom is -0.377 e. The van der Waals surface area contributed by atoms with Gasteiger partial charge in [0.2, 0.25) is 0 Å². The third-order valence-electron chi connectivity index (χ3n) is 3.51. The van der Waals surface area contributed by atoms with E-state index >= 15 is 0 Å². The summed E-state index contributed by atoms with van der Waals surface area (Å²) in [7, 11) is 0. The largest absolute Gasteiger partial charge is 0.377 e. The molecule has 2 unspecified atom stereocenters. The zero-order valence-electron chi connectivity index (χ0n) is 13.5. The molecule has 0 bridgehead atoms. The fourth-order valence-corrected chi connectivity index (χ4v) is 2.84. The first-order valence-electron chi connectivity index (χ1n) is 7.78. The fourth-order valence-electron chi connectivity index (χ4n) is 2.52. The van der Waals surface area contributed by atoms with Gasteiger partial charge in [-0.3, -0.25) is 0 Å². The van der Waals surface area contributed by atoms with Crippen LogP contribution in [0.4, 0.5) is 0 Å². The highest BCUT2D eigenvalue weighted by molar-refractivity contribution is 6.42. The summed E-state index contributed by atoms with van der Waals surface area (Å²) in [6.07, 6.45) is 2.19. The molecule has 0 saturated carbocycles. The van der Waals surface area contributed by atoms with Gasteiger partial charge in [0.1, 0.15) is 0 Å². The summed E-state index contributed by atoms with van der Waals surface area (Å²) in [5.41, 5.74) is 1.18. The molecular weight excluding hydrogens is 305 g/mol. The van der Waals surface area contributed by atoms with Crippen molar-refractivity contribution in [1.82, 2.24) is 5.32 Å². The summed E-state index contributed by atoms with van der Waals surface area (Å²) < 4.78 is 5.97. The Kier molecular flexibility index (Phi) is 8.65. The van der Waals surface area contributed by atoms with Gasteiger partial charge >= 0.3 is 0 Å². The second-order valence-electron chi connectivity index (χ2n) is 5.68. The molecule has 21 heavy (non-hydrogen) atoms. The molecule has 0 spiro atoms. The monoisotopic (exact) mass is 331 g/mol. The maximum atomic E-state index is 6.12. The van der Waals surface area contributed by atoms with Crippen LogP contribution in [0.25, 0.3) is 0 Å². The Bertz CT molecular complexity index is 423. The molecule has 2 atom stereocenters. The Morgan fingerprint density at radius 2 is 1.86 bits per heavy atom. The molecule has 4 heteroatoms. The van der Waals surface area contributed by atoms with E-state index in [-0.39, 0.29) is 12.1 Å². The minimum absolute atomic E-state index is 0.191. The van der Waals surface area contributed by atoms with Gasteiger partial charge < -0.3 is 10.1 Å². The Balaban J connectivity index is 2.87. The predicted molar refractivity (Wildman–Crippen MR) is 92.5 cm³/mol. The molecule has 0 aliphatic heterocycles. The molecule has 1 N–H and O–H groups in total. The first-order chi connectivity index (χ1) is 9.99. The molecule has 2 nitrogen and oxygen atoms in total. The maximum absolute atomic E-state index is 6.12. The van der Waals surface area contributed by atoms with Crippen molar-refractivity contribution in [3.8, 4) is 0 Å². The van der Waals surface area contributed by atoms with Crippen LogP contribution >= 0.6 is 23.2 Å². The van der Waals surface area contributed by atoms with Gasteiger partial charge in [-0.2, -0.15) is 0 Å². The molecule has 0 amide bonds. The van der Waals surface area contributed by atoms with Crippen molar-refractivity contribution in [2.24, 2.45) is 5.92 Å². The van der Waals surface area contributed by atoms with E-state index in [1.165, 1.54) is 5.56 Å². The van der Waals surface area contributed by atoms with E-state index in [0.717, 1.165) is 26.0 Å². The lowest BCUT2D eigenvalue weighted by atomic mass is 9.93. The van der Waals surface area contributed by atoms with Crippen LogP contribution in [0, 0.1) is 5.92 Å². The highest BCUT2D eigenvalue weighted by atomic mass is 35.5. The lowest BCUT2D eigenvalue weighted by Gasteiger charge is -2.31. The molecule has 0 aliphatic carbocycles. The van der Waals surface area contributed by atoms with Crippen LogP contribution in [-0.4, -0.2) is 25.3 Å². The van der Waals surface area contributed by atoms with E-state index in [2.05, 4.69) is 26.1 Å². The summed E-state index contributed by atoms with van der Waals surface area (Å²) >= 11 is 12.1. The second kappa shape index (κ2) is 9.68. The van der Waals surface area contributed by atoms with Crippen LogP contribution in [0.2, 0.25) is 10.0 Å². The van der Waals surface area contributed by atoms with Crippen LogP contribution in [0.1, 0.15) is 39.7 Å². The molecule has 1 rings (SSSR count). The standard InChI is InChI=1S/C17H27Cl2NO/c1-5-9-20-16(17(12(3)4)21-6-2)11-13-7-8-14(18)15(19)10-13/h7-8,10,12,16-17,20H,5-6,9,11H2,1-4H3. The van der Waals surface area contributed by atoms with Crippen molar-refractivity contribution in [2.45, 2.75) is 52.7 Å². The summed E-state index contributed by atoms with van der Waals surface area (Å²) in [5.74, 6) is 0.460. The van der Waals surface area contributed by atoms with Gasteiger partial charge in [-0.1, -0.05) is 50.0 Å². The Morgan fingerprint density at radius 1 is 1.14 bits per heavy atom. The number of benzene rings is 1. The summed E-state index contributed by atoms with van der Waals surface area (Å²) in [6.45, 7) is 10.3. The molecule has 0 fully saturated rings. The Morgan fingerprint density at radius 3 is 2.38 bits per heavy atom. The van der Waals surface area contributed by atoms with Crippen LogP contribution in [0.3, 0.4) is 0 Å². The van der Waals surface area contributed by atoms with Crippen molar-refractivity contribution < 1.29 is 4.74 Å². The molecule has 0 saturated heterocycles. The van der Waals surface area contributed by atoms with Crippen LogP contribution in [-0.2, 0) is 11.2 Å². The molecule has 0 heterocycles. The van der Waals surface area contributed by atoms with E-state index in [1.807, 2.05) is 25.1 Å². The zero-order chi connectivity index (χ0) is 15.8. The molecular formula is C17H27Cl2NO. The molecule has 0 radical (unpaired) electrons. The van der Waals surface area contributed by atoms with Crippen LogP contribution in [0.5, 0.6) is 0 Å². The molecule has 0 aliphatic rings. The highest BCUT2D eigenvalue weighted by Gasteiger charge is 2.24. The number of hydrogen-bond acceptors (Lipinski definition) is 2. The van der Waals surface area contributed by atoms with E-state index in [0.29, 0.717) is 16.0 Å². The molecule has 120 valence electrons. The van der Waals surface area contributed by atoms with Gasteiger partial charge in [0.05, 0.1) is 16.1 Å². The average Bonchev–Trinajstić information content (AvgIpc) is 2.44. The van der Waals surface area contributed by atoms with Gasteiger partial charge in [0.25, 0.3) is 0 Å². The number of rotatable bonds is 9. The topological polar surface area (TPSA) is 21.3 Å². The lowest BCUT2D eigenvalue weighted by molar-refractivity contribution is 0.00362. The number of halogens is 2. The van der Waals surface area contributed by atoms with Crippen molar-refractivity contribution in [3.63, 3.8) is 0 Å². The lowest BCUT2D eigenvalue weighted by Crippen LogP contribution is -2.46. The second-order valence-corrected chi connectivity index (χ2v) is 6.49. The first-order valence-corrected chi connectivity index (χ1v) is 8.54. The predicted octanol–water partition coefficient (Wildman–Crippen LogP) is 4.97. The number of hydrogen-bond donors (Lipinski definition) is 1. The Labute approximate surface area is 139 Å². The molecule has 0 aromatic heterocycles. The van der Waals surface area contributed by atoms with E-state index in [1.54, 1.807) is 0 Å². The normalized spacial score (nSPS) is 14.4. The first kappa shape index (κ1) is 18.8. The number of nitrogens with one attached hydrogen (secondary N) is 1. The van der Waals surface area contributed by atoms with Crippen molar-refractivity contribution in [1.29, 1.82) is 0 Å². The highest BCUT2D eigenvalue weighted by Crippen LogP contribution is 2.24. The van der Waals surface area contributed by atoms with E-state index < -0.39 is 0 Å². The van der Waals surface area contributed by atoms with E-state index in [9.17, 15) is 0 Å². The summed E-state index contributed by atoms with van der Waals surface area (Å²) in [5, 5.41) is 4.83. The summed E-state index contributed by atoms with van der Waals surface area (Å²) in [6, 6.07) is 6.13. The van der Waals surface area contributed by atoms with Gasteiger partial charge in [-0.05, 0) is 49.9 Å². The van der Waals surface area contributed by atoms with Gasteiger partial charge in [0, 0.05) is 12.6 Å². The maximum Gasteiger partial charge on any atom is 0.0753 e. The van der Waals surface area contributed by atoms with Gasteiger partial charge in [0.15, 0.2) is 0 Å². The number of ether oxygens (including phenoxy) is 1. The quantitative estimate of drug-likeness (QED) is 0.690. The van der Waals surface area contributed by atoms with Crippen molar-refractivity contribution >= 4 is 23.2 Å². The SMILES string of the molecule is CCCNC(Cc1ccc(Cl)c(Cl)c1)C(OCC)C(C)C. The Hall–Kier alpha value is -0.280. The molecule has 1 aromatic carbocycles. The van der Waals surface area contributed by atoms with Crippen LogP contribution in [0.15, 0.2) is 18.2 Å². The van der Waals surface area contributed by atoms with Crippen molar-refractivity contribution in [2.75, 3.05) is 13.2 Å².